The van der Waals surface area contributed by atoms with Crippen LogP contribution in [0.25, 0.3) is 0 Å². The minimum Gasteiger partial charge on any atom is -0.466 e. The highest BCUT2D eigenvalue weighted by molar-refractivity contribution is 6.43. The third kappa shape index (κ3) is 1.86. The molecular weight excluding hydrogens is 168 g/mol. The van der Waals surface area contributed by atoms with Gasteiger partial charge in [-0.3, -0.25) is 9.59 Å². The molecule has 0 saturated heterocycles. The summed E-state index contributed by atoms with van der Waals surface area (Å²) in [6, 6.07) is 1.60. The summed E-state index contributed by atoms with van der Waals surface area (Å²) in [7, 11) is 0. The van der Waals surface area contributed by atoms with Crippen molar-refractivity contribution >= 4 is 11.6 Å². The highest BCUT2D eigenvalue weighted by Gasteiger charge is 2.18. The van der Waals surface area contributed by atoms with Gasteiger partial charge in [-0.15, -0.1) is 0 Å². The Kier molecular flexibility index (Phi) is 2.66. The van der Waals surface area contributed by atoms with Crippen LogP contribution in [0.3, 0.4) is 0 Å². The third-order valence-corrected chi connectivity index (χ3v) is 1.86. The van der Waals surface area contributed by atoms with Crippen LogP contribution >= 0.6 is 0 Å². The van der Waals surface area contributed by atoms with Gasteiger partial charge in [0.05, 0.1) is 5.56 Å². The van der Waals surface area contributed by atoms with Crippen LogP contribution in [0, 0.1) is 13.8 Å². The van der Waals surface area contributed by atoms with Crippen molar-refractivity contribution in [2.45, 2.75) is 27.2 Å². The molecule has 0 N–H and O–H groups in total. The fourth-order valence-electron chi connectivity index (χ4n) is 1.17. The van der Waals surface area contributed by atoms with E-state index in [1.54, 1.807) is 26.8 Å². The number of furan rings is 1. The van der Waals surface area contributed by atoms with E-state index in [1.807, 2.05) is 0 Å². The van der Waals surface area contributed by atoms with Crippen molar-refractivity contribution < 1.29 is 14.0 Å². The Balaban J connectivity index is 3.01. The standard InChI is InChI=1S/C10H12O3/c1-4-9(11)10(12)8-5-6(2)13-7(8)3/h5H,4H2,1-3H3. The van der Waals surface area contributed by atoms with Crippen molar-refractivity contribution in [3.63, 3.8) is 0 Å². The summed E-state index contributed by atoms with van der Waals surface area (Å²) in [5.41, 5.74) is 0.393. The van der Waals surface area contributed by atoms with E-state index >= 15 is 0 Å². The first-order chi connectivity index (χ1) is 6.06. The minimum atomic E-state index is -0.447. The van der Waals surface area contributed by atoms with Crippen LogP contribution in [0.2, 0.25) is 0 Å². The quantitative estimate of drug-likeness (QED) is 0.528. The molecule has 0 fully saturated rings. The molecule has 3 heteroatoms. The Hall–Kier alpha value is -1.38. The van der Waals surface area contributed by atoms with Crippen LogP contribution in [0.5, 0.6) is 0 Å². The highest BCUT2D eigenvalue weighted by atomic mass is 16.3. The second kappa shape index (κ2) is 3.56. The molecule has 0 atom stereocenters. The highest BCUT2D eigenvalue weighted by Crippen LogP contribution is 2.14. The number of ketones is 2. The van der Waals surface area contributed by atoms with Crippen LogP contribution < -0.4 is 0 Å². The van der Waals surface area contributed by atoms with E-state index in [0.717, 1.165) is 0 Å². The predicted octanol–water partition coefficient (Wildman–Crippen LogP) is 2.06. The van der Waals surface area contributed by atoms with Gasteiger partial charge in [-0.1, -0.05) is 6.92 Å². The van der Waals surface area contributed by atoms with Crippen LogP contribution in [0.15, 0.2) is 10.5 Å². The molecule has 1 rings (SSSR count). The molecule has 0 aliphatic heterocycles. The molecule has 0 spiro atoms. The number of Topliss-reactive ketones (excluding diaryl/α,β-unsaturated/α-hetero) is 2. The molecule has 3 nitrogen and oxygen atoms in total. The lowest BCUT2D eigenvalue weighted by Crippen LogP contribution is -2.12. The summed E-state index contributed by atoms with van der Waals surface area (Å²) in [6.45, 7) is 5.10. The maximum absolute atomic E-state index is 11.4. The van der Waals surface area contributed by atoms with Gasteiger partial charge in [0.15, 0.2) is 0 Å². The second-order valence-corrected chi connectivity index (χ2v) is 2.93. The van der Waals surface area contributed by atoms with Gasteiger partial charge in [0.1, 0.15) is 11.5 Å². The normalized spacial score (nSPS) is 10.1. The first-order valence-corrected chi connectivity index (χ1v) is 4.20. The van der Waals surface area contributed by atoms with E-state index in [0.29, 0.717) is 17.1 Å². The largest absolute Gasteiger partial charge is 0.466 e. The van der Waals surface area contributed by atoms with E-state index in [9.17, 15) is 9.59 Å². The van der Waals surface area contributed by atoms with Crippen molar-refractivity contribution in [3.05, 3.63) is 23.2 Å². The third-order valence-electron chi connectivity index (χ3n) is 1.86. The molecule has 70 valence electrons. The zero-order chi connectivity index (χ0) is 10.0. The van der Waals surface area contributed by atoms with Gasteiger partial charge in [0.25, 0.3) is 0 Å². The molecule has 1 aromatic rings. The molecule has 0 aliphatic carbocycles. The van der Waals surface area contributed by atoms with Crippen LogP contribution in [0.4, 0.5) is 0 Å². The zero-order valence-electron chi connectivity index (χ0n) is 8.01. The monoisotopic (exact) mass is 180 g/mol. The number of rotatable bonds is 3. The van der Waals surface area contributed by atoms with Crippen molar-refractivity contribution in [1.29, 1.82) is 0 Å². The molecule has 1 aromatic heterocycles. The SMILES string of the molecule is CCC(=O)C(=O)c1cc(C)oc1C. The van der Waals surface area contributed by atoms with Crippen molar-refractivity contribution in [2.75, 3.05) is 0 Å². The Bertz CT molecular complexity index is 347. The minimum absolute atomic E-state index is 0.239. The molecule has 0 amide bonds. The molecule has 0 unspecified atom stereocenters. The molecule has 0 radical (unpaired) electrons. The van der Waals surface area contributed by atoms with Crippen LogP contribution in [-0.4, -0.2) is 11.6 Å². The fourth-order valence-corrected chi connectivity index (χ4v) is 1.17. The lowest BCUT2D eigenvalue weighted by atomic mass is 10.1. The maximum Gasteiger partial charge on any atom is 0.232 e. The summed E-state index contributed by atoms with van der Waals surface area (Å²) in [6.07, 6.45) is 0.239. The first kappa shape index (κ1) is 9.71. The second-order valence-electron chi connectivity index (χ2n) is 2.93. The predicted molar refractivity (Wildman–Crippen MR) is 47.8 cm³/mol. The summed E-state index contributed by atoms with van der Waals surface area (Å²) in [5, 5.41) is 0. The number of hydrogen-bond donors (Lipinski definition) is 0. The number of carbonyl (C=O) groups is 2. The van der Waals surface area contributed by atoms with Gasteiger partial charge in [-0.2, -0.15) is 0 Å². The molecule has 0 bridgehead atoms. The molecular formula is C10H12O3. The van der Waals surface area contributed by atoms with Crippen LogP contribution in [0.1, 0.15) is 35.2 Å². The van der Waals surface area contributed by atoms with Crippen molar-refractivity contribution in [1.82, 2.24) is 0 Å². The first-order valence-electron chi connectivity index (χ1n) is 4.20. The lowest BCUT2D eigenvalue weighted by Gasteiger charge is -1.93. The summed E-state index contributed by atoms with van der Waals surface area (Å²) < 4.78 is 5.16. The molecule has 0 aromatic carbocycles. The number of aryl methyl sites for hydroxylation is 2. The smallest absolute Gasteiger partial charge is 0.232 e. The van der Waals surface area contributed by atoms with Crippen LogP contribution in [-0.2, 0) is 4.79 Å². The zero-order valence-corrected chi connectivity index (χ0v) is 8.01. The average Bonchev–Trinajstić information content (AvgIpc) is 2.42. The maximum atomic E-state index is 11.4. The fraction of sp³-hybridized carbons (Fsp3) is 0.400. The van der Waals surface area contributed by atoms with E-state index in [2.05, 4.69) is 0 Å². The van der Waals surface area contributed by atoms with E-state index < -0.39 is 5.78 Å². The van der Waals surface area contributed by atoms with Gasteiger partial charge < -0.3 is 4.42 Å². The lowest BCUT2D eigenvalue weighted by molar-refractivity contribution is -0.114. The van der Waals surface area contributed by atoms with Gasteiger partial charge in [-0.05, 0) is 19.9 Å². The van der Waals surface area contributed by atoms with Gasteiger partial charge in [0.2, 0.25) is 11.6 Å². The molecule has 1 heterocycles. The Morgan fingerprint density at radius 3 is 2.38 bits per heavy atom. The van der Waals surface area contributed by atoms with Gasteiger partial charge in [0, 0.05) is 6.42 Å². The Morgan fingerprint density at radius 2 is 2.00 bits per heavy atom. The van der Waals surface area contributed by atoms with Gasteiger partial charge in [-0.25, -0.2) is 0 Å². The Morgan fingerprint density at radius 1 is 1.38 bits per heavy atom. The van der Waals surface area contributed by atoms with E-state index in [4.69, 9.17) is 4.42 Å². The number of carbonyl (C=O) groups excluding carboxylic acids is 2. The summed E-state index contributed by atoms with van der Waals surface area (Å²) >= 11 is 0. The molecule has 0 aliphatic rings. The molecule has 0 saturated carbocycles. The van der Waals surface area contributed by atoms with Crippen molar-refractivity contribution in [2.24, 2.45) is 0 Å². The topological polar surface area (TPSA) is 47.3 Å². The number of hydrogen-bond acceptors (Lipinski definition) is 3. The summed E-state index contributed by atoms with van der Waals surface area (Å²) in [5.74, 6) is 0.356. The summed E-state index contributed by atoms with van der Waals surface area (Å²) in [4.78, 5) is 22.5. The molecule has 13 heavy (non-hydrogen) atoms. The van der Waals surface area contributed by atoms with E-state index in [-0.39, 0.29) is 12.2 Å². The average molecular weight is 180 g/mol. The van der Waals surface area contributed by atoms with Crippen molar-refractivity contribution in [3.8, 4) is 0 Å². The Labute approximate surface area is 76.7 Å². The van der Waals surface area contributed by atoms with Gasteiger partial charge >= 0.3 is 0 Å². The van der Waals surface area contributed by atoms with E-state index in [1.165, 1.54) is 0 Å².